The van der Waals surface area contributed by atoms with Crippen LogP contribution in [0.1, 0.15) is 12.5 Å². The summed E-state index contributed by atoms with van der Waals surface area (Å²) in [5, 5.41) is 3.48. The van der Waals surface area contributed by atoms with Gasteiger partial charge >= 0.3 is 0 Å². The highest BCUT2D eigenvalue weighted by molar-refractivity contribution is 14.0. The Kier molecular flexibility index (Phi) is 8.91. The van der Waals surface area contributed by atoms with Gasteiger partial charge in [0.05, 0.1) is 0 Å². The minimum Gasteiger partial charge on any atom is -0.454 e. The van der Waals surface area contributed by atoms with Gasteiger partial charge in [-0.3, -0.25) is 9.89 Å². The smallest absolute Gasteiger partial charge is 0.231 e. The minimum atomic E-state index is 0. The summed E-state index contributed by atoms with van der Waals surface area (Å²) in [4.78, 5) is 11.6. The van der Waals surface area contributed by atoms with E-state index in [1.165, 1.54) is 5.56 Å². The molecule has 0 aromatic heterocycles. The van der Waals surface area contributed by atoms with E-state index < -0.39 is 0 Å². The number of fused-ring (bicyclic) bond motifs is 1. The van der Waals surface area contributed by atoms with Crippen LogP contribution in [0.4, 0.5) is 0 Å². The van der Waals surface area contributed by atoms with Crippen molar-refractivity contribution in [3.63, 3.8) is 0 Å². The quantitative estimate of drug-likeness (QED) is 0.373. The molecule has 0 spiro atoms. The Hall–Kier alpha value is -1.26. The zero-order valence-electron chi connectivity index (χ0n) is 16.6. The molecule has 7 nitrogen and oxygen atoms in total. The summed E-state index contributed by atoms with van der Waals surface area (Å²) in [5.41, 5.74) is 1.27. The van der Waals surface area contributed by atoms with E-state index in [0.717, 1.165) is 69.8 Å². The van der Waals surface area contributed by atoms with Crippen LogP contribution in [0.3, 0.4) is 0 Å². The molecule has 0 amide bonds. The molecule has 0 bridgehead atoms. The summed E-state index contributed by atoms with van der Waals surface area (Å²) in [6.07, 6.45) is 0. The number of nitrogens with zero attached hydrogens (tertiary/aromatic N) is 4. The molecule has 152 valence electrons. The molecular formula is C19H32IN5O2. The molecule has 0 saturated carbocycles. The molecule has 1 N–H and O–H groups in total. The predicted molar refractivity (Wildman–Crippen MR) is 119 cm³/mol. The maximum Gasteiger partial charge on any atom is 0.231 e. The van der Waals surface area contributed by atoms with Crippen molar-refractivity contribution >= 4 is 29.9 Å². The van der Waals surface area contributed by atoms with Gasteiger partial charge in [-0.15, -0.1) is 24.0 Å². The molecule has 1 saturated heterocycles. The standard InChI is InChI=1S/C19H31N5O2.HI/c1-4-22(3)8-7-21-19(20-2)24-11-9-23(10-12-24)14-16-5-6-17-18(13-16)26-15-25-17;/h5-6,13H,4,7-12,14-15H2,1-3H3,(H,20,21);1H. The first-order valence-corrected chi connectivity index (χ1v) is 9.44. The summed E-state index contributed by atoms with van der Waals surface area (Å²) in [6, 6.07) is 6.23. The average Bonchev–Trinajstić information content (AvgIpc) is 3.13. The Morgan fingerprint density at radius 2 is 1.93 bits per heavy atom. The number of halogens is 1. The second kappa shape index (κ2) is 10.9. The third kappa shape index (κ3) is 6.11. The first-order chi connectivity index (χ1) is 12.7. The number of nitrogens with one attached hydrogen (secondary N) is 1. The van der Waals surface area contributed by atoms with Crippen LogP contribution in [0.5, 0.6) is 11.5 Å². The third-order valence-electron chi connectivity index (χ3n) is 5.04. The number of likely N-dealkylation sites (N-methyl/N-ethyl adjacent to an activating group) is 1. The summed E-state index contributed by atoms with van der Waals surface area (Å²) in [5.74, 6) is 2.72. The van der Waals surface area contributed by atoms with Crippen LogP contribution in [-0.2, 0) is 6.54 Å². The number of ether oxygens (including phenoxy) is 2. The van der Waals surface area contributed by atoms with E-state index >= 15 is 0 Å². The monoisotopic (exact) mass is 489 g/mol. The number of hydrogen-bond donors (Lipinski definition) is 1. The SMILES string of the molecule is CCN(C)CCNC(=NC)N1CCN(Cc2ccc3c(c2)OCO3)CC1.I. The van der Waals surface area contributed by atoms with Crippen molar-refractivity contribution < 1.29 is 9.47 Å². The topological polar surface area (TPSA) is 52.6 Å². The maximum absolute atomic E-state index is 5.48. The van der Waals surface area contributed by atoms with Crippen LogP contribution in [-0.4, -0.2) is 87.4 Å². The lowest BCUT2D eigenvalue weighted by molar-refractivity contribution is 0.171. The van der Waals surface area contributed by atoms with E-state index in [4.69, 9.17) is 9.47 Å². The summed E-state index contributed by atoms with van der Waals surface area (Å²) in [7, 11) is 4.00. The second-order valence-electron chi connectivity index (χ2n) is 6.82. The molecule has 1 aromatic carbocycles. The highest BCUT2D eigenvalue weighted by Crippen LogP contribution is 2.32. The zero-order chi connectivity index (χ0) is 18.4. The molecule has 1 fully saturated rings. The van der Waals surface area contributed by atoms with Gasteiger partial charge in [-0.05, 0) is 31.3 Å². The van der Waals surface area contributed by atoms with E-state index in [9.17, 15) is 0 Å². The molecule has 0 atom stereocenters. The van der Waals surface area contributed by atoms with Gasteiger partial charge in [-0.2, -0.15) is 0 Å². The fourth-order valence-corrected chi connectivity index (χ4v) is 3.26. The maximum atomic E-state index is 5.48. The molecular weight excluding hydrogens is 457 g/mol. The number of hydrogen-bond acceptors (Lipinski definition) is 5. The molecule has 0 unspecified atom stereocenters. The van der Waals surface area contributed by atoms with Gasteiger partial charge < -0.3 is 24.6 Å². The van der Waals surface area contributed by atoms with Crippen molar-refractivity contribution in [3.05, 3.63) is 23.8 Å². The van der Waals surface area contributed by atoms with E-state index in [0.29, 0.717) is 6.79 Å². The molecule has 0 aliphatic carbocycles. The van der Waals surface area contributed by atoms with E-state index in [1.54, 1.807) is 0 Å². The summed E-state index contributed by atoms with van der Waals surface area (Å²) >= 11 is 0. The lowest BCUT2D eigenvalue weighted by atomic mass is 10.1. The van der Waals surface area contributed by atoms with Gasteiger partial charge in [0.1, 0.15) is 0 Å². The Balaban J connectivity index is 0.00000261. The molecule has 27 heavy (non-hydrogen) atoms. The third-order valence-corrected chi connectivity index (χ3v) is 5.04. The van der Waals surface area contributed by atoms with Gasteiger partial charge in [0.2, 0.25) is 6.79 Å². The van der Waals surface area contributed by atoms with Crippen LogP contribution >= 0.6 is 24.0 Å². The van der Waals surface area contributed by atoms with Crippen LogP contribution in [0.15, 0.2) is 23.2 Å². The van der Waals surface area contributed by atoms with Gasteiger partial charge in [0.25, 0.3) is 0 Å². The highest BCUT2D eigenvalue weighted by Gasteiger charge is 2.20. The van der Waals surface area contributed by atoms with Gasteiger partial charge in [-0.25, -0.2) is 0 Å². The van der Waals surface area contributed by atoms with Gasteiger partial charge in [-0.1, -0.05) is 13.0 Å². The van der Waals surface area contributed by atoms with Crippen molar-refractivity contribution in [2.24, 2.45) is 4.99 Å². The van der Waals surface area contributed by atoms with Crippen LogP contribution in [0.2, 0.25) is 0 Å². The van der Waals surface area contributed by atoms with Crippen LogP contribution in [0, 0.1) is 0 Å². The van der Waals surface area contributed by atoms with E-state index in [1.807, 2.05) is 13.1 Å². The first kappa shape index (κ1) is 22.0. The van der Waals surface area contributed by atoms with E-state index in [-0.39, 0.29) is 24.0 Å². The van der Waals surface area contributed by atoms with Crippen molar-refractivity contribution in [1.82, 2.24) is 20.0 Å². The molecule has 1 aromatic rings. The van der Waals surface area contributed by atoms with Crippen LogP contribution < -0.4 is 14.8 Å². The lowest BCUT2D eigenvalue weighted by Crippen LogP contribution is -2.52. The van der Waals surface area contributed by atoms with Gasteiger partial charge in [0, 0.05) is 52.9 Å². The summed E-state index contributed by atoms with van der Waals surface area (Å²) in [6.45, 7) is 10.5. The molecule has 2 aliphatic heterocycles. The fourth-order valence-electron chi connectivity index (χ4n) is 3.26. The molecule has 3 rings (SSSR count). The number of guanidine groups is 1. The predicted octanol–water partition coefficient (Wildman–Crippen LogP) is 1.68. The number of aliphatic imine (C=N–C) groups is 1. The second-order valence-corrected chi connectivity index (χ2v) is 6.82. The van der Waals surface area contributed by atoms with E-state index in [2.05, 4.69) is 51.1 Å². The van der Waals surface area contributed by atoms with Crippen molar-refractivity contribution in [2.45, 2.75) is 13.5 Å². The summed E-state index contributed by atoms with van der Waals surface area (Å²) < 4.78 is 10.9. The molecule has 2 aliphatic rings. The minimum absolute atomic E-state index is 0. The van der Waals surface area contributed by atoms with Crippen LogP contribution in [0.25, 0.3) is 0 Å². The Labute approximate surface area is 179 Å². The Morgan fingerprint density at radius 1 is 1.19 bits per heavy atom. The van der Waals surface area contributed by atoms with Gasteiger partial charge in [0.15, 0.2) is 17.5 Å². The zero-order valence-corrected chi connectivity index (χ0v) is 18.9. The highest BCUT2D eigenvalue weighted by atomic mass is 127. The fraction of sp³-hybridized carbons (Fsp3) is 0.632. The Morgan fingerprint density at radius 3 is 2.63 bits per heavy atom. The van der Waals surface area contributed by atoms with Crippen molar-refractivity contribution in [2.75, 3.05) is 66.7 Å². The number of piperazine rings is 1. The molecule has 2 heterocycles. The lowest BCUT2D eigenvalue weighted by Gasteiger charge is -2.36. The van der Waals surface area contributed by atoms with Crippen molar-refractivity contribution in [1.29, 1.82) is 0 Å². The molecule has 8 heteroatoms. The Bertz CT molecular complexity index is 620. The largest absolute Gasteiger partial charge is 0.454 e. The normalized spacial score (nSPS) is 17.2. The average molecular weight is 489 g/mol. The van der Waals surface area contributed by atoms with Crippen molar-refractivity contribution in [3.8, 4) is 11.5 Å². The molecule has 0 radical (unpaired) electrons. The number of benzene rings is 1. The first-order valence-electron chi connectivity index (χ1n) is 9.44. The number of rotatable bonds is 6.